The zero-order valence-corrected chi connectivity index (χ0v) is 14.2. The Morgan fingerprint density at radius 3 is 3.00 bits per heavy atom. The summed E-state index contributed by atoms with van der Waals surface area (Å²) in [5, 5.41) is 11.8. The second-order valence-corrected chi connectivity index (χ2v) is 7.31. The van der Waals surface area contributed by atoms with Gasteiger partial charge in [0.25, 0.3) is 0 Å². The molecule has 122 valence electrons. The Balaban J connectivity index is 1.46. The van der Waals surface area contributed by atoms with Gasteiger partial charge < -0.3 is 5.32 Å². The predicted octanol–water partition coefficient (Wildman–Crippen LogP) is 3.34. The van der Waals surface area contributed by atoms with Gasteiger partial charge in [0.2, 0.25) is 5.91 Å². The highest BCUT2D eigenvalue weighted by Gasteiger charge is 2.19. The number of amides is 1. The quantitative estimate of drug-likeness (QED) is 0.741. The maximum atomic E-state index is 12.5. The Morgan fingerprint density at radius 1 is 1.21 bits per heavy atom. The average molecular weight is 338 g/mol. The lowest BCUT2D eigenvalue weighted by molar-refractivity contribution is -0.115. The lowest BCUT2D eigenvalue weighted by Gasteiger charge is -2.12. The highest BCUT2D eigenvalue weighted by Crippen LogP contribution is 2.26. The molecule has 0 aliphatic heterocycles. The van der Waals surface area contributed by atoms with Crippen LogP contribution in [0.4, 0.5) is 5.69 Å². The summed E-state index contributed by atoms with van der Waals surface area (Å²) in [5.41, 5.74) is 4.42. The van der Waals surface area contributed by atoms with Gasteiger partial charge in [-0.3, -0.25) is 9.20 Å². The van der Waals surface area contributed by atoms with Crippen molar-refractivity contribution in [2.75, 3.05) is 5.32 Å². The molecule has 6 heteroatoms. The summed E-state index contributed by atoms with van der Waals surface area (Å²) in [5.74, 6) is -0.0226. The molecule has 0 saturated carbocycles. The van der Waals surface area contributed by atoms with Crippen molar-refractivity contribution in [2.45, 2.75) is 36.6 Å². The largest absolute Gasteiger partial charge is 0.325 e. The fourth-order valence-electron chi connectivity index (χ4n) is 3.00. The van der Waals surface area contributed by atoms with E-state index in [1.54, 1.807) is 0 Å². The number of rotatable bonds is 4. The van der Waals surface area contributed by atoms with Crippen molar-refractivity contribution in [1.29, 1.82) is 0 Å². The zero-order chi connectivity index (χ0) is 16.5. The minimum absolute atomic E-state index is 0.0226. The van der Waals surface area contributed by atoms with Gasteiger partial charge in [-0.2, -0.15) is 0 Å². The van der Waals surface area contributed by atoms with Gasteiger partial charge in [0.05, 0.1) is 5.25 Å². The van der Waals surface area contributed by atoms with Crippen LogP contribution < -0.4 is 5.32 Å². The predicted molar refractivity (Wildman–Crippen MR) is 95.4 cm³/mol. The van der Waals surface area contributed by atoms with Gasteiger partial charge in [-0.25, -0.2) is 0 Å². The van der Waals surface area contributed by atoms with Crippen molar-refractivity contribution in [3.8, 4) is 0 Å². The Kier molecular flexibility index (Phi) is 3.98. The van der Waals surface area contributed by atoms with Crippen LogP contribution in [0, 0.1) is 0 Å². The van der Waals surface area contributed by atoms with Crippen LogP contribution in [-0.4, -0.2) is 25.8 Å². The van der Waals surface area contributed by atoms with Gasteiger partial charge >= 0.3 is 0 Å². The number of hydrogen-bond donors (Lipinski definition) is 1. The minimum Gasteiger partial charge on any atom is -0.325 e. The third-order valence-electron chi connectivity index (χ3n) is 4.30. The number of nitrogens with zero attached hydrogens (tertiary/aromatic N) is 3. The first-order chi connectivity index (χ1) is 11.7. The Labute approximate surface area is 144 Å². The van der Waals surface area contributed by atoms with Crippen molar-refractivity contribution in [2.24, 2.45) is 0 Å². The van der Waals surface area contributed by atoms with Crippen molar-refractivity contribution in [1.82, 2.24) is 14.6 Å². The molecule has 24 heavy (non-hydrogen) atoms. The van der Waals surface area contributed by atoms with Gasteiger partial charge in [0.15, 0.2) is 10.8 Å². The molecule has 0 fully saturated rings. The maximum Gasteiger partial charge on any atom is 0.237 e. The summed E-state index contributed by atoms with van der Waals surface area (Å²) in [6.45, 7) is 1.89. The van der Waals surface area contributed by atoms with Crippen LogP contribution in [0.3, 0.4) is 0 Å². The molecule has 1 aromatic carbocycles. The topological polar surface area (TPSA) is 59.3 Å². The maximum absolute atomic E-state index is 12.5. The first-order valence-electron chi connectivity index (χ1n) is 8.10. The van der Waals surface area contributed by atoms with Crippen LogP contribution >= 0.6 is 11.8 Å². The number of fused-ring (bicyclic) bond motifs is 2. The van der Waals surface area contributed by atoms with Crippen LogP contribution in [0.2, 0.25) is 0 Å². The normalized spacial score (nSPS) is 14.5. The molecule has 5 nitrogen and oxygen atoms in total. The van der Waals surface area contributed by atoms with Gasteiger partial charge in [-0.05, 0) is 61.6 Å². The second kappa shape index (κ2) is 6.28. The molecule has 0 saturated heterocycles. The summed E-state index contributed by atoms with van der Waals surface area (Å²) in [6, 6.07) is 12.0. The van der Waals surface area contributed by atoms with Crippen LogP contribution in [0.1, 0.15) is 24.5 Å². The number of benzene rings is 1. The molecular formula is C18H18N4OS. The SMILES string of the molecule is C[C@H](Sc1nnc2ccccn12)C(=O)Nc1ccc2c(c1)CCC2. The number of aryl methyl sites for hydroxylation is 2. The van der Waals surface area contributed by atoms with Gasteiger partial charge in [-0.15, -0.1) is 10.2 Å². The molecule has 1 N–H and O–H groups in total. The molecule has 3 aromatic rings. The van der Waals surface area contributed by atoms with E-state index in [1.165, 1.54) is 29.3 Å². The smallest absolute Gasteiger partial charge is 0.237 e. The fraction of sp³-hybridized carbons (Fsp3) is 0.278. The number of aromatic nitrogens is 3. The molecule has 0 radical (unpaired) electrons. The Morgan fingerprint density at radius 2 is 2.08 bits per heavy atom. The Hall–Kier alpha value is -2.34. The molecule has 1 atom stereocenters. The van der Waals surface area contributed by atoms with E-state index < -0.39 is 0 Å². The van der Waals surface area contributed by atoms with E-state index in [1.807, 2.05) is 41.8 Å². The van der Waals surface area contributed by atoms with Gasteiger partial charge in [0.1, 0.15) is 0 Å². The molecule has 0 unspecified atom stereocenters. The van der Waals surface area contributed by atoms with Crippen molar-refractivity contribution < 1.29 is 4.79 Å². The summed E-state index contributed by atoms with van der Waals surface area (Å²) in [4.78, 5) is 12.5. The van der Waals surface area contributed by atoms with Crippen LogP contribution in [0.15, 0.2) is 47.8 Å². The average Bonchev–Trinajstić information content (AvgIpc) is 3.21. The third-order valence-corrected chi connectivity index (χ3v) is 5.36. The molecule has 2 aromatic heterocycles. The van der Waals surface area contributed by atoms with E-state index in [9.17, 15) is 4.79 Å². The third kappa shape index (κ3) is 2.89. The van der Waals surface area contributed by atoms with Crippen molar-refractivity contribution in [3.05, 3.63) is 53.7 Å². The number of anilines is 1. The summed E-state index contributed by atoms with van der Waals surface area (Å²) < 4.78 is 1.89. The van der Waals surface area contributed by atoms with Crippen LogP contribution in [-0.2, 0) is 17.6 Å². The lowest BCUT2D eigenvalue weighted by Crippen LogP contribution is -2.22. The number of hydrogen-bond acceptors (Lipinski definition) is 4. The standard InChI is InChI=1S/C18H18N4OS/c1-12(24-18-21-20-16-7-2-3-10-22(16)18)17(23)19-15-9-8-13-5-4-6-14(13)11-15/h2-3,7-12H,4-6H2,1H3,(H,19,23)/t12-/m0/s1. The number of carbonyl (C=O) groups is 1. The lowest BCUT2D eigenvalue weighted by atomic mass is 10.1. The van der Waals surface area contributed by atoms with E-state index in [4.69, 9.17) is 0 Å². The van der Waals surface area contributed by atoms with E-state index in [0.29, 0.717) is 0 Å². The molecule has 1 amide bonds. The second-order valence-electron chi connectivity index (χ2n) is 6.00. The van der Waals surface area contributed by atoms with Crippen LogP contribution in [0.5, 0.6) is 0 Å². The summed E-state index contributed by atoms with van der Waals surface area (Å²) in [6.07, 6.45) is 5.37. The van der Waals surface area contributed by atoms with Crippen molar-refractivity contribution in [3.63, 3.8) is 0 Å². The zero-order valence-electron chi connectivity index (χ0n) is 13.4. The molecule has 0 spiro atoms. The fourth-order valence-corrected chi connectivity index (χ4v) is 3.84. The van der Waals surface area contributed by atoms with E-state index in [0.717, 1.165) is 29.3 Å². The number of thioether (sulfide) groups is 1. The van der Waals surface area contributed by atoms with Gasteiger partial charge in [-0.1, -0.05) is 23.9 Å². The number of carbonyl (C=O) groups excluding carboxylic acids is 1. The monoisotopic (exact) mass is 338 g/mol. The molecule has 2 heterocycles. The summed E-state index contributed by atoms with van der Waals surface area (Å²) in [7, 11) is 0. The molecule has 1 aliphatic carbocycles. The van der Waals surface area contributed by atoms with E-state index >= 15 is 0 Å². The minimum atomic E-state index is -0.258. The van der Waals surface area contributed by atoms with Crippen LogP contribution in [0.25, 0.3) is 5.65 Å². The first-order valence-corrected chi connectivity index (χ1v) is 8.98. The molecule has 1 aliphatic rings. The summed E-state index contributed by atoms with van der Waals surface area (Å²) >= 11 is 1.41. The number of pyridine rings is 1. The van der Waals surface area contributed by atoms with E-state index in [2.05, 4.69) is 27.6 Å². The van der Waals surface area contributed by atoms with Crippen molar-refractivity contribution >= 4 is 29.0 Å². The first kappa shape index (κ1) is 15.2. The molecule has 4 rings (SSSR count). The van der Waals surface area contributed by atoms with Gasteiger partial charge in [0, 0.05) is 11.9 Å². The Bertz CT molecular complexity index is 905. The highest BCUT2D eigenvalue weighted by atomic mass is 32.2. The highest BCUT2D eigenvalue weighted by molar-refractivity contribution is 8.00. The number of nitrogens with one attached hydrogen (secondary N) is 1. The molecular weight excluding hydrogens is 320 g/mol. The van der Waals surface area contributed by atoms with E-state index in [-0.39, 0.29) is 11.2 Å². The molecule has 0 bridgehead atoms.